The standard InChI is InChI=1S/C27H27N3OS/c1-4-20-10-12-22(13-11-20)28-26(31)17-32-27-16-23(21-8-6-5-7-9-21)29-24-14-18(2)19(3)15-25(24)30-27/h5-15H,4,16-17H2,1-3H3,(H,28,31). The van der Waals surface area contributed by atoms with E-state index >= 15 is 0 Å². The minimum atomic E-state index is -0.0373. The van der Waals surface area contributed by atoms with Gasteiger partial charge >= 0.3 is 0 Å². The molecular weight excluding hydrogens is 414 g/mol. The quantitative estimate of drug-likeness (QED) is 0.474. The van der Waals surface area contributed by atoms with Gasteiger partial charge in [-0.1, -0.05) is 49.4 Å². The summed E-state index contributed by atoms with van der Waals surface area (Å²) in [6, 6.07) is 22.3. The average molecular weight is 442 g/mol. The van der Waals surface area contributed by atoms with E-state index in [0.29, 0.717) is 12.2 Å². The van der Waals surface area contributed by atoms with E-state index in [-0.39, 0.29) is 5.91 Å². The van der Waals surface area contributed by atoms with Crippen molar-refractivity contribution in [3.05, 3.63) is 89.0 Å². The van der Waals surface area contributed by atoms with Crippen LogP contribution in [0.2, 0.25) is 0 Å². The summed E-state index contributed by atoms with van der Waals surface area (Å²) in [5.41, 5.74) is 8.23. The lowest BCUT2D eigenvalue weighted by Gasteiger charge is -2.08. The Hall–Kier alpha value is -3.18. The molecule has 0 aliphatic carbocycles. The molecule has 1 aliphatic rings. The van der Waals surface area contributed by atoms with Crippen LogP contribution in [-0.2, 0) is 11.2 Å². The fraction of sp³-hybridized carbons (Fsp3) is 0.222. The van der Waals surface area contributed by atoms with E-state index in [9.17, 15) is 4.79 Å². The first-order valence-corrected chi connectivity index (χ1v) is 11.8. The van der Waals surface area contributed by atoms with Gasteiger partial charge in [-0.25, -0.2) is 4.99 Å². The van der Waals surface area contributed by atoms with Gasteiger partial charge in [-0.3, -0.25) is 9.79 Å². The Morgan fingerprint density at radius 1 is 0.938 bits per heavy atom. The molecule has 5 heteroatoms. The molecular formula is C27H27N3OS. The normalized spacial score (nSPS) is 13.0. The summed E-state index contributed by atoms with van der Waals surface area (Å²) in [6.45, 7) is 6.29. The van der Waals surface area contributed by atoms with Crippen molar-refractivity contribution in [2.45, 2.75) is 33.6 Å². The van der Waals surface area contributed by atoms with Gasteiger partial charge in [0.1, 0.15) is 0 Å². The number of nitrogens with one attached hydrogen (secondary N) is 1. The minimum Gasteiger partial charge on any atom is -0.325 e. The number of aliphatic imine (C=N–C) groups is 2. The van der Waals surface area contributed by atoms with Gasteiger partial charge in [0, 0.05) is 12.1 Å². The van der Waals surface area contributed by atoms with Crippen LogP contribution >= 0.6 is 11.8 Å². The highest BCUT2D eigenvalue weighted by molar-refractivity contribution is 8.14. The van der Waals surface area contributed by atoms with Crippen LogP contribution in [0.15, 0.2) is 76.7 Å². The lowest BCUT2D eigenvalue weighted by Crippen LogP contribution is -2.16. The number of carbonyl (C=O) groups is 1. The van der Waals surface area contributed by atoms with Gasteiger partial charge in [-0.15, -0.1) is 11.8 Å². The molecule has 162 valence electrons. The molecule has 3 aromatic rings. The summed E-state index contributed by atoms with van der Waals surface area (Å²) in [6.07, 6.45) is 1.58. The van der Waals surface area contributed by atoms with Gasteiger partial charge in [-0.2, -0.15) is 0 Å². The summed E-state index contributed by atoms with van der Waals surface area (Å²) in [7, 11) is 0. The maximum absolute atomic E-state index is 12.6. The van der Waals surface area contributed by atoms with E-state index in [1.54, 1.807) is 0 Å². The SMILES string of the molecule is CCc1ccc(NC(=O)CSC2=Nc3cc(C)c(C)cc3N=C(c3ccccc3)C2)cc1. The molecule has 0 aromatic heterocycles. The van der Waals surface area contributed by atoms with Crippen molar-refractivity contribution in [1.82, 2.24) is 0 Å². The molecule has 0 radical (unpaired) electrons. The van der Waals surface area contributed by atoms with E-state index in [1.165, 1.54) is 28.5 Å². The molecule has 1 heterocycles. The number of fused-ring (bicyclic) bond motifs is 1. The molecule has 0 unspecified atom stereocenters. The molecule has 1 aliphatic heterocycles. The molecule has 4 nitrogen and oxygen atoms in total. The van der Waals surface area contributed by atoms with Crippen molar-refractivity contribution in [3.63, 3.8) is 0 Å². The molecule has 0 spiro atoms. The molecule has 0 bridgehead atoms. The largest absolute Gasteiger partial charge is 0.325 e. The maximum atomic E-state index is 12.6. The third kappa shape index (κ3) is 5.35. The number of amides is 1. The van der Waals surface area contributed by atoms with Crippen LogP contribution in [0.4, 0.5) is 17.1 Å². The number of thioether (sulfide) groups is 1. The van der Waals surface area contributed by atoms with Crippen LogP contribution in [0.25, 0.3) is 0 Å². The molecule has 1 amide bonds. The summed E-state index contributed by atoms with van der Waals surface area (Å²) in [4.78, 5) is 22.4. The predicted molar refractivity (Wildman–Crippen MR) is 137 cm³/mol. The Kier molecular flexibility index (Phi) is 6.86. The number of hydrogen-bond acceptors (Lipinski definition) is 4. The number of benzene rings is 3. The molecule has 0 saturated carbocycles. The van der Waals surface area contributed by atoms with Crippen molar-refractivity contribution in [2.24, 2.45) is 9.98 Å². The molecule has 0 fully saturated rings. The zero-order valence-corrected chi connectivity index (χ0v) is 19.5. The predicted octanol–water partition coefficient (Wildman–Crippen LogP) is 6.79. The molecule has 32 heavy (non-hydrogen) atoms. The first-order chi connectivity index (χ1) is 15.5. The van der Waals surface area contributed by atoms with Crippen molar-refractivity contribution in [1.29, 1.82) is 0 Å². The topological polar surface area (TPSA) is 53.8 Å². The summed E-state index contributed by atoms with van der Waals surface area (Å²) >= 11 is 1.47. The van der Waals surface area contributed by atoms with Crippen LogP contribution in [-0.4, -0.2) is 22.4 Å². The summed E-state index contributed by atoms with van der Waals surface area (Å²) in [5.74, 6) is 0.265. The van der Waals surface area contributed by atoms with Gasteiger partial charge < -0.3 is 5.32 Å². The van der Waals surface area contributed by atoms with Crippen molar-refractivity contribution >= 4 is 45.5 Å². The first kappa shape index (κ1) is 22.0. The Morgan fingerprint density at radius 3 is 2.25 bits per heavy atom. The lowest BCUT2D eigenvalue weighted by molar-refractivity contribution is -0.113. The third-order valence-electron chi connectivity index (χ3n) is 5.53. The second-order valence-corrected chi connectivity index (χ2v) is 8.97. The third-order valence-corrected chi connectivity index (χ3v) is 6.51. The summed E-state index contributed by atoms with van der Waals surface area (Å²) < 4.78 is 0. The number of aryl methyl sites for hydroxylation is 3. The lowest BCUT2D eigenvalue weighted by atomic mass is 10.1. The molecule has 4 rings (SSSR count). The van der Waals surface area contributed by atoms with Gasteiger partial charge in [0.25, 0.3) is 0 Å². The second-order valence-electron chi connectivity index (χ2n) is 7.92. The van der Waals surface area contributed by atoms with Crippen LogP contribution < -0.4 is 5.32 Å². The Labute approximate surface area is 193 Å². The van der Waals surface area contributed by atoms with E-state index in [4.69, 9.17) is 9.98 Å². The van der Waals surface area contributed by atoms with Crippen molar-refractivity contribution < 1.29 is 4.79 Å². The summed E-state index contributed by atoms with van der Waals surface area (Å²) in [5, 5.41) is 3.88. The molecule has 0 saturated heterocycles. The van der Waals surface area contributed by atoms with E-state index in [2.05, 4.69) is 50.4 Å². The molecule has 1 N–H and O–H groups in total. The van der Waals surface area contributed by atoms with Crippen LogP contribution in [0.3, 0.4) is 0 Å². The van der Waals surface area contributed by atoms with Gasteiger partial charge in [0.15, 0.2) is 0 Å². The average Bonchev–Trinajstić information content (AvgIpc) is 2.98. The van der Waals surface area contributed by atoms with Gasteiger partial charge in [0.05, 0.1) is 27.9 Å². The number of anilines is 1. The van der Waals surface area contributed by atoms with E-state index in [0.717, 1.165) is 39.8 Å². The van der Waals surface area contributed by atoms with Crippen LogP contribution in [0.1, 0.15) is 35.6 Å². The maximum Gasteiger partial charge on any atom is 0.234 e. The Balaban J connectivity index is 1.54. The van der Waals surface area contributed by atoms with E-state index in [1.807, 2.05) is 42.5 Å². The number of hydrogen-bond donors (Lipinski definition) is 1. The highest BCUT2D eigenvalue weighted by Crippen LogP contribution is 2.36. The Bertz CT molecular complexity index is 1180. The van der Waals surface area contributed by atoms with Gasteiger partial charge in [0.2, 0.25) is 5.91 Å². The van der Waals surface area contributed by atoms with Crippen molar-refractivity contribution in [2.75, 3.05) is 11.1 Å². The number of carbonyl (C=O) groups excluding carboxylic acids is 1. The highest BCUT2D eigenvalue weighted by atomic mass is 32.2. The second kappa shape index (κ2) is 9.96. The monoisotopic (exact) mass is 441 g/mol. The number of nitrogens with zero attached hydrogens (tertiary/aromatic N) is 2. The molecule has 0 atom stereocenters. The minimum absolute atomic E-state index is 0.0373. The Morgan fingerprint density at radius 2 is 1.59 bits per heavy atom. The fourth-order valence-electron chi connectivity index (χ4n) is 3.52. The van der Waals surface area contributed by atoms with Crippen molar-refractivity contribution in [3.8, 4) is 0 Å². The first-order valence-electron chi connectivity index (χ1n) is 10.8. The zero-order valence-electron chi connectivity index (χ0n) is 18.7. The highest BCUT2D eigenvalue weighted by Gasteiger charge is 2.17. The van der Waals surface area contributed by atoms with Crippen LogP contribution in [0, 0.1) is 13.8 Å². The van der Waals surface area contributed by atoms with E-state index < -0.39 is 0 Å². The van der Waals surface area contributed by atoms with Crippen LogP contribution in [0.5, 0.6) is 0 Å². The zero-order chi connectivity index (χ0) is 22.5. The smallest absolute Gasteiger partial charge is 0.234 e. The molecule has 3 aromatic carbocycles. The fourth-order valence-corrected chi connectivity index (χ4v) is 4.29. The van der Waals surface area contributed by atoms with Gasteiger partial charge in [-0.05, 0) is 66.8 Å². The number of rotatable bonds is 5.